The molecule has 4 atom stereocenters. The van der Waals surface area contributed by atoms with E-state index in [1.165, 1.54) is 16.8 Å². The monoisotopic (exact) mass is 1030 g/mol. The number of epoxide rings is 1. The van der Waals surface area contributed by atoms with Gasteiger partial charge in [0.15, 0.2) is 23.0 Å². The highest BCUT2D eigenvalue weighted by molar-refractivity contribution is 6.18. The minimum atomic E-state index is -1.53. The number of fused-ring (bicyclic) bond motifs is 4. The summed E-state index contributed by atoms with van der Waals surface area (Å²) in [5, 5.41) is 15.8. The Kier molecular flexibility index (Phi) is 15.5. The highest BCUT2D eigenvalue weighted by Crippen LogP contribution is 2.53. The number of aliphatic hydroxyl groups is 1. The number of halogens is 2. The molecule has 2 aliphatic carbocycles. The molecule has 0 bridgehead atoms. The number of alkyl halides is 2. The summed E-state index contributed by atoms with van der Waals surface area (Å²) in [6.07, 6.45) is 5.55. The topological polar surface area (TPSA) is 146 Å². The van der Waals surface area contributed by atoms with Crippen LogP contribution in [0, 0.1) is 0 Å². The number of aliphatic hydroxyl groups excluding tert-OH is 1. The molecule has 4 fully saturated rings. The third kappa shape index (κ3) is 12.1. The summed E-state index contributed by atoms with van der Waals surface area (Å²) in [6.45, 7) is 14.7. The fourth-order valence-electron chi connectivity index (χ4n) is 10.1. The minimum Gasteiger partial charge on any atom is -0.454 e. The number of hydrogen-bond donors (Lipinski definition) is 3. The smallest absolute Gasteiger partial charge is 0.231 e. The van der Waals surface area contributed by atoms with Crippen molar-refractivity contribution in [2.75, 3.05) is 52.9 Å². The molecular formula is C60H73ClFN3O9. The lowest BCUT2D eigenvalue weighted by atomic mass is 9.87. The second-order valence-corrected chi connectivity index (χ2v) is 22.9. The van der Waals surface area contributed by atoms with Gasteiger partial charge in [0.25, 0.3) is 0 Å². The van der Waals surface area contributed by atoms with E-state index in [1.54, 1.807) is 0 Å². The van der Waals surface area contributed by atoms with E-state index in [-0.39, 0.29) is 41.4 Å². The Labute approximate surface area is 440 Å². The number of carbonyl (C=O) groups is 2. The molecule has 4 aliphatic heterocycles. The number of carbonyl (C=O) groups excluding carboxylic acids is 2. The van der Waals surface area contributed by atoms with Gasteiger partial charge in [0.05, 0.1) is 49.5 Å². The van der Waals surface area contributed by atoms with Gasteiger partial charge in [-0.05, 0) is 134 Å². The lowest BCUT2D eigenvalue weighted by Gasteiger charge is -2.23. The number of Topliss-reactive ketones (excluding diaryl/α,β-unsaturated/α-hetero) is 2. The maximum absolute atomic E-state index is 13.5. The number of aromatic amines is 1. The third-order valence-electron chi connectivity index (χ3n) is 14.9. The van der Waals surface area contributed by atoms with Gasteiger partial charge in [-0.1, -0.05) is 65.8 Å². The van der Waals surface area contributed by atoms with Crippen molar-refractivity contribution in [2.45, 2.75) is 139 Å². The summed E-state index contributed by atoms with van der Waals surface area (Å²) < 4.78 is 52.2. The Balaban J connectivity index is 0.000000149. The average molecular weight is 1040 g/mol. The van der Waals surface area contributed by atoms with Crippen LogP contribution in [0.25, 0.3) is 21.8 Å². The van der Waals surface area contributed by atoms with Crippen molar-refractivity contribution >= 4 is 45.0 Å². The highest BCUT2D eigenvalue weighted by atomic mass is 35.5. The molecule has 0 spiro atoms. The lowest BCUT2D eigenvalue weighted by molar-refractivity contribution is -0.121. The van der Waals surface area contributed by atoms with Crippen molar-refractivity contribution in [3.63, 3.8) is 0 Å². The van der Waals surface area contributed by atoms with Crippen LogP contribution < -0.4 is 24.3 Å². The van der Waals surface area contributed by atoms with Crippen molar-refractivity contribution in [1.82, 2.24) is 14.9 Å². The summed E-state index contributed by atoms with van der Waals surface area (Å²) >= 11 is 5.27. The number of likely N-dealkylation sites (N-methyl/N-ethyl adjacent to an activating group) is 1. The Morgan fingerprint density at radius 3 is 1.80 bits per heavy atom. The second kappa shape index (κ2) is 22.0. The van der Waals surface area contributed by atoms with Crippen molar-refractivity contribution in [2.24, 2.45) is 0 Å². The molecule has 12 rings (SSSR count). The Morgan fingerprint density at radius 1 is 0.770 bits per heavy atom. The van der Waals surface area contributed by atoms with Crippen molar-refractivity contribution in [3.8, 4) is 23.0 Å². The number of ketones is 2. The van der Waals surface area contributed by atoms with E-state index in [1.807, 2.05) is 43.4 Å². The zero-order valence-corrected chi connectivity index (χ0v) is 44.7. The van der Waals surface area contributed by atoms with Crippen LogP contribution in [-0.4, -0.2) is 97.5 Å². The number of aromatic nitrogens is 2. The Morgan fingerprint density at radius 2 is 1.34 bits per heavy atom. The van der Waals surface area contributed by atoms with Crippen LogP contribution in [0.5, 0.6) is 23.0 Å². The SMILES string of the molecule is CC(C)(C)c1cc2cc(CC(=O)C3(c4ccc5c(c4)OCO5)CC3)ccc2[nH]1.CNCC(O)Cn1c(C(C)(C)C)cc2cc(CC(=O)C3(c4ccc5c(c4)OCO5)CC3)ccc21.ClCC1CO1.[2H]C(F)C1CCCO1. The molecule has 6 aromatic rings. The highest BCUT2D eigenvalue weighted by Gasteiger charge is 2.52. The first kappa shape index (κ1) is 52.0. The van der Waals surface area contributed by atoms with Gasteiger partial charge >= 0.3 is 0 Å². The van der Waals surface area contributed by atoms with E-state index < -0.39 is 24.3 Å². The van der Waals surface area contributed by atoms with Crippen LogP contribution >= 0.6 is 11.6 Å². The Hall–Kier alpha value is -5.44. The number of hydrogen-bond acceptors (Lipinski definition) is 10. The van der Waals surface area contributed by atoms with E-state index >= 15 is 0 Å². The molecule has 2 aromatic heterocycles. The van der Waals surface area contributed by atoms with E-state index in [0.717, 1.165) is 100 Å². The summed E-state index contributed by atoms with van der Waals surface area (Å²) in [5.41, 5.74) is 8.04. The van der Waals surface area contributed by atoms with Gasteiger partial charge in [0.1, 0.15) is 18.2 Å². The van der Waals surface area contributed by atoms with Gasteiger partial charge in [-0.25, -0.2) is 4.39 Å². The van der Waals surface area contributed by atoms with Gasteiger partial charge in [-0.2, -0.15) is 0 Å². The predicted octanol–water partition coefficient (Wildman–Crippen LogP) is 10.9. The maximum atomic E-state index is 13.5. The van der Waals surface area contributed by atoms with Crippen molar-refractivity contribution < 1.29 is 48.9 Å². The molecule has 2 saturated heterocycles. The second-order valence-electron chi connectivity index (χ2n) is 22.6. The van der Waals surface area contributed by atoms with E-state index in [0.29, 0.717) is 50.9 Å². The minimum absolute atomic E-state index is 0.0637. The number of nitrogens with one attached hydrogen (secondary N) is 2. The molecule has 14 heteroatoms. The zero-order chi connectivity index (χ0) is 53.3. The molecule has 0 amide bonds. The molecule has 12 nitrogen and oxygen atoms in total. The van der Waals surface area contributed by atoms with Gasteiger partial charge in [0.2, 0.25) is 13.6 Å². The van der Waals surface area contributed by atoms with Gasteiger partial charge in [-0.15, -0.1) is 11.6 Å². The van der Waals surface area contributed by atoms with Crippen molar-refractivity contribution in [1.29, 1.82) is 0 Å². The zero-order valence-electron chi connectivity index (χ0n) is 44.9. The summed E-state index contributed by atoms with van der Waals surface area (Å²) in [5.74, 6) is 4.20. The summed E-state index contributed by atoms with van der Waals surface area (Å²) in [6, 6.07) is 28.8. The molecule has 74 heavy (non-hydrogen) atoms. The predicted molar refractivity (Wildman–Crippen MR) is 287 cm³/mol. The largest absolute Gasteiger partial charge is 0.454 e. The fraction of sp³-hybridized carbons (Fsp3) is 0.500. The van der Waals surface area contributed by atoms with Gasteiger partial charge in [0, 0.05) is 64.6 Å². The number of ether oxygens (including phenoxy) is 6. The van der Waals surface area contributed by atoms with Crippen LogP contribution in [0.15, 0.2) is 84.9 Å². The van der Waals surface area contributed by atoms with Gasteiger partial charge < -0.3 is 48.4 Å². The molecule has 6 heterocycles. The van der Waals surface area contributed by atoms with Crippen LogP contribution in [0.4, 0.5) is 4.39 Å². The molecule has 3 N–H and O–H groups in total. The number of benzene rings is 4. The van der Waals surface area contributed by atoms with Crippen LogP contribution in [0.2, 0.25) is 0 Å². The summed E-state index contributed by atoms with van der Waals surface area (Å²) in [7, 11) is 1.85. The van der Waals surface area contributed by atoms with E-state index in [2.05, 4.69) is 105 Å². The normalized spacial score (nSPS) is 20.3. The molecular weight excluding hydrogens is 961 g/mol. The fourth-order valence-corrected chi connectivity index (χ4v) is 10.3. The van der Waals surface area contributed by atoms with E-state index in [9.17, 15) is 19.1 Å². The number of nitrogens with zero attached hydrogens (tertiary/aromatic N) is 1. The number of H-pyrrole nitrogens is 1. The lowest BCUT2D eigenvalue weighted by Crippen LogP contribution is -2.30. The molecule has 2 saturated carbocycles. The first-order chi connectivity index (χ1) is 35.8. The number of rotatable bonds is 14. The molecule has 4 unspecified atom stereocenters. The third-order valence-corrected chi connectivity index (χ3v) is 15.2. The maximum Gasteiger partial charge on any atom is 0.231 e. The van der Waals surface area contributed by atoms with Crippen LogP contribution in [0.1, 0.15) is 115 Å². The van der Waals surface area contributed by atoms with E-state index in [4.69, 9.17) is 41.4 Å². The molecule has 4 aromatic carbocycles. The molecule has 396 valence electrons. The summed E-state index contributed by atoms with van der Waals surface area (Å²) in [4.78, 5) is 30.2. The average Bonchev–Trinajstić information content (AvgIpc) is 4.31. The Bertz CT molecular complexity index is 2990. The standard InChI is InChI=1S/C28H34N2O4.C24H25NO3.C5H9FO.C3H5ClO/c1-27(2,3)25-13-19-11-18(5-7-22(19)30(25)16-21(31)15-29-4)12-26(32)28(9-10-28)20-6-8-23-24(14-20)34-17-33-23;1-23(2,3)21-12-16-10-15(4-6-18(16)25-21)11-22(26)24(8-9-24)17-5-7-19-20(13-17)28-14-27-19;6-4-5-2-1-3-7-5;4-1-3-2-5-3/h5-8,11,13-14,21,29,31H,9-10,12,15-17H2,1-4H3;4-7,10,12-13,25H,8-9,11,14H2,1-3H3;5H,1-4H2;3H,1-2H2/i;;4D;. The van der Waals surface area contributed by atoms with Crippen LogP contribution in [-0.2, 0) is 60.1 Å². The quantitative estimate of drug-likeness (QED) is 0.0712. The molecule has 0 radical (unpaired) electrons. The van der Waals surface area contributed by atoms with Gasteiger partial charge in [-0.3, -0.25) is 9.59 Å². The van der Waals surface area contributed by atoms with Crippen molar-refractivity contribution in [3.05, 3.63) is 119 Å². The molecule has 6 aliphatic rings. The van der Waals surface area contributed by atoms with Crippen LogP contribution in [0.3, 0.4) is 0 Å². The first-order valence-corrected chi connectivity index (χ1v) is 26.6. The first-order valence-electron chi connectivity index (χ1n) is 26.7.